The third-order valence-corrected chi connectivity index (χ3v) is 12.2. The van der Waals surface area contributed by atoms with Crippen molar-refractivity contribution in [3.05, 3.63) is 12.2 Å². The Labute approximate surface area is 355 Å². The maximum atomic E-state index is 12.4. The number of nitrogens with one attached hydrogen (secondary N) is 1. The van der Waals surface area contributed by atoms with E-state index < -0.39 is 36.9 Å². The molecular weight excluding hydrogens is 707 g/mol. The molecule has 0 heterocycles. The molecule has 6 heteroatoms. The van der Waals surface area contributed by atoms with Gasteiger partial charge in [0.15, 0.2) is 0 Å². The first-order valence-corrected chi connectivity index (χ1v) is 25.6. The summed E-state index contributed by atoms with van der Waals surface area (Å²) in [6, 6.07) is -0.978. The molecule has 0 rings (SSSR count). The van der Waals surface area contributed by atoms with Gasteiger partial charge in [-0.2, -0.15) is 0 Å². The van der Waals surface area contributed by atoms with Gasteiger partial charge in [-0.3, -0.25) is 4.79 Å². The van der Waals surface area contributed by atoms with Gasteiger partial charge < -0.3 is 25.7 Å². The molecule has 6 nitrogen and oxygen atoms in total. The summed E-state index contributed by atoms with van der Waals surface area (Å²) in [7, 11) is 0. The maximum Gasteiger partial charge on any atom is 0.249 e. The lowest BCUT2D eigenvalue weighted by Gasteiger charge is -2.27. The molecule has 4 atom stereocenters. The number of rotatable bonds is 47. The van der Waals surface area contributed by atoms with E-state index in [0.29, 0.717) is 12.8 Å². The Morgan fingerprint density at radius 2 is 0.702 bits per heavy atom. The van der Waals surface area contributed by atoms with E-state index in [1.54, 1.807) is 0 Å². The van der Waals surface area contributed by atoms with E-state index in [-0.39, 0.29) is 0 Å². The van der Waals surface area contributed by atoms with Gasteiger partial charge in [-0.05, 0) is 38.5 Å². The predicted octanol–water partition coefficient (Wildman–Crippen LogP) is 14.1. The fraction of sp³-hybridized carbons (Fsp3) is 0.941. The number of hydrogen-bond donors (Lipinski definition) is 5. The number of amides is 1. The molecule has 0 saturated heterocycles. The normalized spacial score (nSPS) is 14.0. The minimum Gasteiger partial charge on any atom is -0.394 e. The molecule has 0 aromatic heterocycles. The van der Waals surface area contributed by atoms with Gasteiger partial charge in [0.05, 0.1) is 18.8 Å². The second-order valence-corrected chi connectivity index (χ2v) is 17.9. The van der Waals surface area contributed by atoms with Crippen molar-refractivity contribution in [1.82, 2.24) is 5.32 Å². The topological polar surface area (TPSA) is 110 Å². The van der Waals surface area contributed by atoms with Crippen molar-refractivity contribution in [2.24, 2.45) is 0 Å². The van der Waals surface area contributed by atoms with Crippen LogP contribution in [0.25, 0.3) is 0 Å². The first-order valence-electron chi connectivity index (χ1n) is 25.6. The summed E-state index contributed by atoms with van der Waals surface area (Å²) in [5.41, 5.74) is 0. The molecule has 0 aromatic carbocycles. The Kier molecular flexibility index (Phi) is 45.4. The van der Waals surface area contributed by atoms with Crippen molar-refractivity contribution in [3.63, 3.8) is 0 Å². The van der Waals surface area contributed by atoms with Crippen LogP contribution in [0.5, 0.6) is 0 Å². The molecule has 0 aliphatic rings. The Bertz CT molecular complexity index is 821. The second kappa shape index (κ2) is 46.1. The smallest absolute Gasteiger partial charge is 0.249 e. The number of unbranched alkanes of at least 4 members (excludes halogenated alkanes) is 36. The van der Waals surface area contributed by atoms with E-state index in [2.05, 4.69) is 31.3 Å². The lowest BCUT2D eigenvalue weighted by atomic mass is 9.99. The van der Waals surface area contributed by atoms with Crippen molar-refractivity contribution >= 4 is 5.91 Å². The van der Waals surface area contributed by atoms with Crippen molar-refractivity contribution in [3.8, 4) is 0 Å². The summed E-state index contributed by atoms with van der Waals surface area (Å²) in [6.45, 7) is 3.96. The summed E-state index contributed by atoms with van der Waals surface area (Å²) in [6.07, 6.45) is 53.5. The molecule has 5 N–H and O–H groups in total. The largest absolute Gasteiger partial charge is 0.394 e. The first kappa shape index (κ1) is 56.0. The summed E-state index contributed by atoms with van der Waals surface area (Å²) in [4.78, 5) is 12.4. The molecule has 0 radical (unpaired) electrons. The van der Waals surface area contributed by atoms with E-state index >= 15 is 0 Å². The van der Waals surface area contributed by atoms with Crippen LogP contribution in [0.4, 0.5) is 0 Å². The first-order chi connectivity index (χ1) is 28.0. The highest BCUT2D eigenvalue weighted by Crippen LogP contribution is 2.17. The molecule has 0 spiro atoms. The zero-order chi connectivity index (χ0) is 41.7. The lowest BCUT2D eigenvalue weighted by Crippen LogP contribution is -2.53. The van der Waals surface area contributed by atoms with Crippen LogP contribution in [0.3, 0.4) is 0 Å². The van der Waals surface area contributed by atoms with Gasteiger partial charge in [0.25, 0.3) is 0 Å². The minimum atomic E-state index is -1.25. The Balaban J connectivity index is 3.42. The molecule has 0 aliphatic heterocycles. The fourth-order valence-corrected chi connectivity index (χ4v) is 8.17. The maximum absolute atomic E-state index is 12.4. The van der Waals surface area contributed by atoms with E-state index in [1.165, 1.54) is 199 Å². The van der Waals surface area contributed by atoms with Crippen LogP contribution in [-0.2, 0) is 4.79 Å². The number of aliphatic hydroxyl groups excluding tert-OH is 4. The quantitative estimate of drug-likeness (QED) is 0.0311. The van der Waals surface area contributed by atoms with Gasteiger partial charge in [0, 0.05) is 0 Å². The van der Waals surface area contributed by atoms with Crippen molar-refractivity contribution < 1.29 is 25.2 Å². The molecule has 4 unspecified atom stereocenters. The summed E-state index contributed by atoms with van der Waals surface area (Å²) < 4.78 is 0. The third kappa shape index (κ3) is 40.2. The van der Waals surface area contributed by atoms with Crippen LogP contribution in [0.1, 0.15) is 277 Å². The zero-order valence-electron chi connectivity index (χ0n) is 38.4. The number of aliphatic hydroxyl groups is 4. The van der Waals surface area contributed by atoms with Gasteiger partial charge in [-0.1, -0.05) is 251 Å². The third-order valence-electron chi connectivity index (χ3n) is 12.2. The average molecular weight is 808 g/mol. The van der Waals surface area contributed by atoms with Crippen LogP contribution < -0.4 is 5.32 Å². The molecule has 0 aliphatic carbocycles. The zero-order valence-corrected chi connectivity index (χ0v) is 38.4. The van der Waals surface area contributed by atoms with E-state index in [1.807, 2.05) is 0 Å². The van der Waals surface area contributed by atoms with Crippen LogP contribution in [0.2, 0.25) is 0 Å². The Morgan fingerprint density at radius 3 is 1.02 bits per heavy atom. The van der Waals surface area contributed by atoms with Crippen LogP contribution in [0.15, 0.2) is 12.2 Å². The number of carbonyl (C=O) groups is 1. The van der Waals surface area contributed by atoms with Gasteiger partial charge in [-0.15, -0.1) is 0 Å². The number of carbonyl (C=O) groups excluding carboxylic acids is 1. The SMILES string of the molecule is CCCCCCCCCCCCCCCCCC/C=C\CCCCCCCCCCCCCCCCCCC(O)C(=O)NC(CO)C(O)C(O)CCCCCCC. The molecular formula is C51H101NO5. The molecule has 0 saturated carbocycles. The summed E-state index contributed by atoms with van der Waals surface area (Å²) in [5.74, 6) is -0.586. The lowest BCUT2D eigenvalue weighted by molar-refractivity contribution is -0.132. The Morgan fingerprint density at radius 1 is 0.421 bits per heavy atom. The van der Waals surface area contributed by atoms with Crippen molar-refractivity contribution in [2.75, 3.05) is 6.61 Å². The van der Waals surface area contributed by atoms with Crippen LogP contribution >= 0.6 is 0 Å². The molecule has 1 amide bonds. The predicted molar refractivity (Wildman–Crippen MR) is 247 cm³/mol. The summed E-state index contributed by atoms with van der Waals surface area (Å²) in [5, 5.41) is 43.2. The standard InChI is InChI=1S/C51H101NO5/c1-3-5-7-9-10-11-12-13-14-15-16-17-18-19-20-21-22-23-24-25-26-27-28-29-30-31-32-33-34-35-36-37-38-39-41-43-45-49(55)51(57)52-47(46-53)50(56)48(54)44-42-40-8-6-4-2/h23-24,47-50,53-56H,3-22,25-46H2,1-2H3,(H,52,57)/b24-23-. The average Bonchev–Trinajstić information content (AvgIpc) is 3.22. The summed E-state index contributed by atoms with van der Waals surface area (Å²) >= 11 is 0. The van der Waals surface area contributed by atoms with Crippen molar-refractivity contribution in [2.45, 2.75) is 301 Å². The monoisotopic (exact) mass is 808 g/mol. The van der Waals surface area contributed by atoms with E-state index in [4.69, 9.17) is 0 Å². The molecule has 57 heavy (non-hydrogen) atoms. The fourth-order valence-electron chi connectivity index (χ4n) is 8.17. The van der Waals surface area contributed by atoms with Gasteiger partial charge in [0.2, 0.25) is 5.91 Å². The van der Waals surface area contributed by atoms with Crippen molar-refractivity contribution in [1.29, 1.82) is 0 Å². The van der Waals surface area contributed by atoms with Gasteiger partial charge >= 0.3 is 0 Å². The highest BCUT2D eigenvalue weighted by atomic mass is 16.3. The van der Waals surface area contributed by atoms with Crippen LogP contribution in [-0.4, -0.2) is 57.3 Å². The second-order valence-electron chi connectivity index (χ2n) is 17.9. The van der Waals surface area contributed by atoms with E-state index in [0.717, 1.165) is 51.4 Å². The van der Waals surface area contributed by atoms with Gasteiger partial charge in [0.1, 0.15) is 12.2 Å². The van der Waals surface area contributed by atoms with E-state index in [9.17, 15) is 25.2 Å². The highest BCUT2D eigenvalue weighted by Gasteiger charge is 2.28. The number of hydrogen-bond acceptors (Lipinski definition) is 5. The molecule has 340 valence electrons. The van der Waals surface area contributed by atoms with Gasteiger partial charge in [-0.25, -0.2) is 0 Å². The molecule has 0 fully saturated rings. The van der Waals surface area contributed by atoms with Crippen LogP contribution in [0, 0.1) is 0 Å². The highest BCUT2D eigenvalue weighted by molar-refractivity contribution is 5.80. The Hall–Kier alpha value is -0.950. The molecule has 0 aromatic rings. The minimum absolute atomic E-state index is 0.372. The molecule has 0 bridgehead atoms. The number of allylic oxidation sites excluding steroid dienone is 2.